The highest BCUT2D eigenvalue weighted by molar-refractivity contribution is 6.32. The summed E-state index contributed by atoms with van der Waals surface area (Å²) in [5.41, 5.74) is 0.870. The molecule has 2 N–H and O–H groups in total. The van der Waals surface area contributed by atoms with Crippen LogP contribution in [0.1, 0.15) is 5.56 Å². The molecule has 2 aliphatic rings. The van der Waals surface area contributed by atoms with Gasteiger partial charge in [-0.15, -0.1) is 12.4 Å². The molecule has 0 saturated carbocycles. The number of hydrogen-bond donors (Lipinski definition) is 2. The van der Waals surface area contributed by atoms with Crippen LogP contribution in [0.3, 0.4) is 0 Å². The SMILES string of the molecule is Cl.O=C(NCc1cc(Cl)c2c(c1)OCCO2)C1COCCN1. The Balaban J connectivity index is 0.00000176. The number of halogens is 2. The maximum atomic E-state index is 12.0. The molecular formula is C14H18Cl2N2O4. The van der Waals surface area contributed by atoms with Crippen LogP contribution >= 0.6 is 24.0 Å². The van der Waals surface area contributed by atoms with Gasteiger partial charge >= 0.3 is 0 Å². The van der Waals surface area contributed by atoms with Crippen molar-refractivity contribution in [2.75, 3.05) is 33.0 Å². The molecule has 122 valence electrons. The number of nitrogens with one attached hydrogen (secondary N) is 2. The number of rotatable bonds is 3. The zero-order valence-electron chi connectivity index (χ0n) is 11.9. The van der Waals surface area contributed by atoms with Crippen molar-refractivity contribution in [2.24, 2.45) is 0 Å². The van der Waals surface area contributed by atoms with Crippen LogP contribution in [-0.4, -0.2) is 44.9 Å². The molecule has 2 heterocycles. The number of morpholine rings is 1. The van der Waals surface area contributed by atoms with Crippen molar-refractivity contribution in [3.63, 3.8) is 0 Å². The lowest BCUT2D eigenvalue weighted by atomic mass is 10.1. The van der Waals surface area contributed by atoms with Gasteiger partial charge in [0.1, 0.15) is 19.3 Å². The highest BCUT2D eigenvalue weighted by atomic mass is 35.5. The van der Waals surface area contributed by atoms with Crippen LogP contribution in [0.2, 0.25) is 5.02 Å². The minimum atomic E-state index is -0.300. The first-order valence-electron chi connectivity index (χ1n) is 6.91. The molecule has 6 nitrogen and oxygen atoms in total. The van der Waals surface area contributed by atoms with Crippen molar-refractivity contribution in [1.82, 2.24) is 10.6 Å². The third kappa shape index (κ3) is 3.95. The van der Waals surface area contributed by atoms with Crippen LogP contribution in [-0.2, 0) is 16.1 Å². The van der Waals surface area contributed by atoms with Gasteiger partial charge in [0.2, 0.25) is 5.91 Å². The molecule has 0 radical (unpaired) electrons. The normalized spacial score (nSPS) is 20.0. The smallest absolute Gasteiger partial charge is 0.239 e. The van der Waals surface area contributed by atoms with E-state index in [1.165, 1.54) is 0 Å². The van der Waals surface area contributed by atoms with Crippen LogP contribution in [0.15, 0.2) is 12.1 Å². The molecule has 1 aromatic carbocycles. The van der Waals surface area contributed by atoms with E-state index in [2.05, 4.69) is 10.6 Å². The van der Waals surface area contributed by atoms with Gasteiger partial charge in [-0.25, -0.2) is 0 Å². The molecule has 1 amide bonds. The van der Waals surface area contributed by atoms with E-state index in [0.717, 1.165) is 5.56 Å². The molecule has 0 bridgehead atoms. The van der Waals surface area contributed by atoms with E-state index in [-0.39, 0.29) is 24.4 Å². The minimum absolute atomic E-state index is 0. The fraction of sp³-hybridized carbons (Fsp3) is 0.500. The Kier molecular flexibility index (Phi) is 6.14. The Morgan fingerprint density at radius 1 is 1.32 bits per heavy atom. The van der Waals surface area contributed by atoms with Crippen molar-refractivity contribution in [2.45, 2.75) is 12.6 Å². The second-order valence-electron chi connectivity index (χ2n) is 4.90. The van der Waals surface area contributed by atoms with Gasteiger partial charge in [0.15, 0.2) is 11.5 Å². The van der Waals surface area contributed by atoms with E-state index in [1.807, 2.05) is 6.07 Å². The average Bonchev–Trinajstić information content (AvgIpc) is 2.53. The van der Waals surface area contributed by atoms with Gasteiger partial charge < -0.3 is 24.8 Å². The summed E-state index contributed by atoms with van der Waals surface area (Å²) >= 11 is 6.16. The number of ether oxygens (including phenoxy) is 3. The van der Waals surface area contributed by atoms with Crippen molar-refractivity contribution >= 4 is 29.9 Å². The van der Waals surface area contributed by atoms with Crippen LogP contribution in [0, 0.1) is 0 Å². The summed E-state index contributed by atoms with van der Waals surface area (Å²) < 4.78 is 16.2. The molecule has 1 fully saturated rings. The first-order chi connectivity index (χ1) is 10.2. The van der Waals surface area contributed by atoms with Gasteiger partial charge in [0, 0.05) is 13.1 Å². The van der Waals surface area contributed by atoms with E-state index in [1.54, 1.807) is 6.07 Å². The Morgan fingerprint density at radius 2 is 2.14 bits per heavy atom. The van der Waals surface area contributed by atoms with Gasteiger partial charge in [-0.2, -0.15) is 0 Å². The van der Waals surface area contributed by atoms with E-state index in [4.69, 9.17) is 25.8 Å². The van der Waals surface area contributed by atoms with Gasteiger partial charge in [0.25, 0.3) is 0 Å². The average molecular weight is 349 g/mol. The van der Waals surface area contributed by atoms with Gasteiger partial charge in [0.05, 0.1) is 18.2 Å². The topological polar surface area (TPSA) is 68.8 Å². The Bertz CT molecular complexity index is 536. The lowest BCUT2D eigenvalue weighted by molar-refractivity contribution is -0.126. The Labute approximate surface area is 139 Å². The molecule has 1 atom stereocenters. The molecule has 2 aliphatic heterocycles. The van der Waals surface area contributed by atoms with Crippen LogP contribution < -0.4 is 20.1 Å². The highest BCUT2D eigenvalue weighted by Gasteiger charge is 2.21. The summed E-state index contributed by atoms with van der Waals surface area (Å²) in [7, 11) is 0. The van der Waals surface area contributed by atoms with Crippen LogP contribution in [0.25, 0.3) is 0 Å². The van der Waals surface area contributed by atoms with Gasteiger partial charge in [-0.3, -0.25) is 4.79 Å². The predicted octanol–water partition coefficient (Wildman–Crippen LogP) is 1.14. The third-order valence-electron chi connectivity index (χ3n) is 3.36. The van der Waals surface area contributed by atoms with E-state index < -0.39 is 0 Å². The number of carbonyl (C=O) groups excluding carboxylic acids is 1. The second kappa shape index (κ2) is 7.87. The summed E-state index contributed by atoms with van der Waals surface area (Å²) in [4.78, 5) is 12.0. The molecule has 1 saturated heterocycles. The molecule has 22 heavy (non-hydrogen) atoms. The number of benzene rings is 1. The quantitative estimate of drug-likeness (QED) is 0.857. The van der Waals surface area contributed by atoms with Gasteiger partial charge in [-0.1, -0.05) is 11.6 Å². The van der Waals surface area contributed by atoms with Gasteiger partial charge in [-0.05, 0) is 17.7 Å². The molecule has 0 aromatic heterocycles. The van der Waals surface area contributed by atoms with E-state index >= 15 is 0 Å². The Morgan fingerprint density at radius 3 is 2.91 bits per heavy atom. The van der Waals surface area contributed by atoms with Crippen molar-refractivity contribution < 1.29 is 19.0 Å². The molecule has 8 heteroatoms. The number of hydrogen-bond acceptors (Lipinski definition) is 5. The standard InChI is InChI=1S/C14H17ClN2O4.ClH/c15-10-5-9(6-12-13(10)21-4-3-20-12)7-17-14(18)11-8-19-2-1-16-11;/h5-6,11,16H,1-4,7-8H2,(H,17,18);1H. The summed E-state index contributed by atoms with van der Waals surface area (Å²) in [6, 6.07) is 3.32. The number of fused-ring (bicyclic) bond motifs is 1. The minimum Gasteiger partial charge on any atom is -0.486 e. The first-order valence-corrected chi connectivity index (χ1v) is 7.28. The summed E-state index contributed by atoms with van der Waals surface area (Å²) in [5.74, 6) is 1.11. The maximum absolute atomic E-state index is 12.0. The lowest BCUT2D eigenvalue weighted by Gasteiger charge is -2.23. The molecular weight excluding hydrogens is 331 g/mol. The van der Waals surface area contributed by atoms with E-state index in [9.17, 15) is 4.79 Å². The summed E-state index contributed by atoms with van der Waals surface area (Å²) in [6.07, 6.45) is 0. The molecule has 3 rings (SSSR count). The largest absolute Gasteiger partial charge is 0.486 e. The Hall–Kier alpha value is -1.21. The summed E-state index contributed by atoms with van der Waals surface area (Å²) in [5, 5.41) is 6.47. The van der Waals surface area contributed by atoms with Crippen LogP contribution in [0.4, 0.5) is 0 Å². The fourth-order valence-electron chi connectivity index (χ4n) is 2.31. The molecule has 0 aliphatic carbocycles. The fourth-order valence-corrected chi connectivity index (χ4v) is 2.60. The van der Waals surface area contributed by atoms with Crippen molar-refractivity contribution in [1.29, 1.82) is 0 Å². The lowest BCUT2D eigenvalue weighted by Crippen LogP contribution is -2.51. The second-order valence-corrected chi connectivity index (χ2v) is 5.31. The summed E-state index contributed by atoms with van der Waals surface area (Å²) in [6.45, 7) is 3.11. The third-order valence-corrected chi connectivity index (χ3v) is 3.64. The molecule has 0 spiro atoms. The maximum Gasteiger partial charge on any atom is 0.239 e. The highest BCUT2D eigenvalue weighted by Crippen LogP contribution is 2.38. The van der Waals surface area contributed by atoms with Crippen LogP contribution in [0.5, 0.6) is 11.5 Å². The zero-order valence-corrected chi connectivity index (χ0v) is 13.5. The number of amides is 1. The van der Waals surface area contributed by atoms with Crippen molar-refractivity contribution in [3.8, 4) is 11.5 Å². The number of carbonyl (C=O) groups is 1. The van der Waals surface area contributed by atoms with E-state index in [0.29, 0.717) is 56.0 Å². The molecule has 1 unspecified atom stereocenters. The van der Waals surface area contributed by atoms with Crippen molar-refractivity contribution in [3.05, 3.63) is 22.7 Å². The molecule has 1 aromatic rings. The first kappa shape index (κ1) is 17.1. The predicted molar refractivity (Wildman–Crippen MR) is 84.1 cm³/mol. The monoisotopic (exact) mass is 348 g/mol. The zero-order chi connectivity index (χ0) is 14.7.